The van der Waals surface area contributed by atoms with Gasteiger partial charge >= 0.3 is 5.97 Å². The SMILES string of the molecule is CCCCOC(=O)C1CCC([C@@](C)(O)c2ncc(-c3cc(Nc4nccc(C)n4)cc(C)n3)s2)CC1. The molecule has 0 spiro atoms. The molecule has 8 nitrogen and oxygen atoms in total. The average molecular weight is 510 g/mol. The smallest absolute Gasteiger partial charge is 0.308 e. The van der Waals surface area contributed by atoms with Crippen LogP contribution in [0.5, 0.6) is 0 Å². The van der Waals surface area contributed by atoms with Gasteiger partial charge in [-0.15, -0.1) is 11.3 Å². The third-order valence-electron chi connectivity index (χ3n) is 6.79. The number of anilines is 2. The molecule has 3 heterocycles. The summed E-state index contributed by atoms with van der Waals surface area (Å²) >= 11 is 1.46. The summed E-state index contributed by atoms with van der Waals surface area (Å²) in [6, 6.07) is 5.74. The van der Waals surface area contributed by atoms with Crippen molar-refractivity contribution < 1.29 is 14.6 Å². The normalized spacial score (nSPS) is 19.5. The van der Waals surface area contributed by atoms with E-state index in [2.05, 4.69) is 32.2 Å². The predicted octanol–water partition coefficient (Wildman–Crippen LogP) is 5.71. The molecule has 2 N–H and O–H groups in total. The number of pyridine rings is 1. The zero-order valence-corrected chi connectivity index (χ0v) is 22.3. The average Bonchev–Trinajstić information content (AvgIpc) is 3.35. The number of aromatic nitrogens is 4. The van der Waals surface area contributed by atoms with Crippen molar-refractivity contribution in [3.63, 3.8) is 0 Å². The second kappa shape index (κ2) is 11.4. The quantitative estimate of drug-likeness (QED) is 0.279. The van der Waals surface area contributed by atoms with Gasteiger partial charge in [0, 0.05) is 29.5 Å². The molecule has 0 aliphatic heterocycles. The van der Waals surface area contributed by atoms with E-state index in [1.54, 1.807) is 12.4 Å². The van der Waals surface area contributed by atoms with Gasteiger partial charge in [0.05, 0.1) is 23.1 Å². The largest absolute Gasteiger partial charge is 0.465 e. The monoisotopic (exact) mass is 509 g/mol. The lowest BCUT2D eigenvalue weighted by atomic mass is 9.74. The van der Waals surface area contributed by atoms with Crippen LogP contribution in [0.15, 0.2) is 30.6 Å². The van der Waals surface area contributed by atoms with E-state index in [1.807, 2.05) is 39.0 Å². The highest BCUT2D eigenvalue weighted by Crippen LogP contribution is 2.43. The Morgan fingerprint density at radius 1 is 1.17 bits per heavy atom. The Labute approximate surface area is 216 Å². The van der Waals surface area contributed by atoms with Crippen molar-refractivity contribution in [2.45, 2.75) is 71.8 Å². The first-order valence-corrected chi connectivity index (χ1v) is 13.5. The van der Waals surface area contributed by atoms with Crippen molar-refractivity contribution in [2.75, 3.05) is 11.9 Å². The number of esters is 1. The van der Waals surface area contributed by atoms with Gasteiger partial charge < -0.3 is 15.2 Å². The molecule has 0 aromatic carbocycles. The van der Waals surface area contributed by atoms with Crippen LogP contribution in [-0.4, -0.2) is 37.6 Å². The summed E-state index contributed by atoms with van der Waals surface area (Å²) in [6.45, 7) is 8.28. The lowest BCUT2D eigenvalue weighted by molar-refractivity contribution is -0.151. The molecule has 9 heteroatoms. The molecule has 0 unspecified atom stereocenters. The number of ether oxygens (including phenoxy) is 1. The number of carbonyl (C=O) groups is 1. The molecule has 0 amide bonds. The first kappa shape index (κ1) is 26.2. The topological polar surface area (TPSA) is 110 Å². The fraction of sp³-hybridized carbons (Fsp3) is 0.519. The van der Waals surface area contributed by atoms with Gasteiger partial charge in [-0.25, -0.2) is 15.0 Å². The van der Waals surface area contributed by atoms with Crippen molar-refractivity contribution in [3.8, 4) is 10.6 Å². The fourth-order valence-electron chi connectivity index (χ4n) is 4.63. The first-order chi connectivity index (χ1) is 17.3. The summed E-state index contributed by atoms with van der Waals surface area (Å²) in [5.74, 6) is 0.409. The van der Waals surface area contributed by atoms with Crippen LogP contribution < -0.4 is 5.32 Å². The maximum absolute atomic E-state index is 12.3. The minimum Gasteiger partial charge on any atom is -0.465 e. The number of carbonyl (C=O) groups excluding carboxylic acids is 1. The Kier molecular flexibility index (Phi) is 8.31. The van der Waals surface area contributed by atoms with E-state index in [0.717, 1.165) is 66.2 Å². The van der Waals surface area contributed by atoms with Crippen molar-refractivity contribution in [1.29, 1.82) is 0 Å². The number of nitrogens with zero attached hydrogens (tertiary/aromatic N) is 4. The van der Waals surface area contributed by atoms with Crippen LogP contribution in [0.3, 0.4) is 0 Å². The van der Waals surface area contributed by atoms with Gasteiger partial charge in [0.2, 0.25) is 5.95 Å². The van der Waals surface area contributed by atoms with E-state index < -0.39 is 5.60 Å². The zero-order valence-electron chi connectivity index (χ0n) is 21.5. The molecule has 1 saturated carbocycles. The van der Waals surface area contributed by atoms with Crippen molar-refractivity contribution in [3.05, 3.63) is 47.0 Å². The van der Waals surface area contributed by atoms with E-state index in [0.29, 0.717) is 17.6 Å². The third kappa shape index (κ3) is 6.25. The molecule has 0 saturated heterocycles. The van der Waals surface area contributed by atoms with E-state index in [-0.39, 0.29) is 17.8 Å². The van der Waals surface area contributed by atoms with Crippen molar-refractivity contribution in [2.24, 2.45) is 11.8 Å². The number of hydrogen-bond acceptors (Lipinski definition) is 9. The molecule has 1 atom stereocenters. The molecule has 1 aliphatic rings. The second-order valence-electron chi connectivity index (χ2n) is 9.78. The Hall–Kier alpha value is -2.91. The Morgan fingerprint density at radius 3 is 2.67 bits per heavy atom. The van der Waals surface area contributed by atoms with E-state index >= 15 is 0 Å². The van der Waals surface area contributed by atoms with Gasteiger partial charge in [0.25, 0.3) is 0 Å². The van der Waals surface area contributed by atoms with Crippen LogP contribution in [0.1, 0.15) is 68.8 Å². The van der Waals surface area contributed by atoms with E-state index in [1.165, 1.54) is 11.3 Å². The summed E-state index contributed by atoms with van der Waals surface area (Å²) in [7, 11) is 0. The zero-order chi connectivity index (χ0) is 25.7. The molecule has 1 fully saturated rings. The Morgan fingerprint density at radius 2 is 1.94 bits per heavy atom. The van der Waals surface area contributed by atoms with Crippen molar-refractivity contribution >= 4 is 28.9 Å². The molecule has 3 aromatic rings. The third-order valence-corrected chi connectivity index (χ3v) is 8.04. The van der Waals surface area contributed by atoms with Gasteiger partial charge in [-0.2, -0.15) is 0 Å². The minimum atomic E-state index is -1.07. The summed E-state index contributed by atoms with van der Waals surface area (Å²) in [6.07, 6.45) is 8.41. The van der Waals surface area contributed by atoms with E-state index in [9.17, 15) is 9.90 Å². The molecule has 0 bridgehead atoms. The number of unbranched alkanes of at least 4 members (excludes halogenated alkanes) is 1. The lowest BCUT2D eigenvalue weighted by Crippen LogP contribution is -2.36. The molecular formula is C27H35N5O3S. The highest BCUT2D eigenvalue weighted by molar-refractivity contribution is 7.15. The summed E-state index contributed by atoms with van der Waals surface area (Å²) in [5.41, 5.74) is 2.29. The van der Waals surface area contributed by atoms with Crippen molar-refractivity contribution in [1.82, 2.24) is 19.9 Å². The van der Waals surface area contributed by atoms with Crippen LogP contribution in [0.2, 0.25) is 0 Å². The molecule has 192 valence electrons. The van der Waals surface area contributed by atoms with E-state index in [4.69, 9.17) is 4.74 Å². The standard InChI is InChI=1S/C27H35N5O3S/c1-5-6-13-35-24(33)19-7-9-20(10-8-19)27(4,34)25-29-16-23(36-25)22-15-21(14-18(3)30-22)32-26-28-12-11-17(2)31-26/h11-12,14-16,19-20,34H,5-10,13H2,1-4H3,(H,28,30,31,32)/t19?,20?,27-/m1/s1. The molecular weight excluding hydrogens is 474 g/mol. The predicted molar refractivity (Wildman–Crippen MR) is 141 cm³/mol. The van der Waals surface area contributed by atoms with Gasteiger partial charge in [-0.1, -0.05) is 13.3 Å². The number of hydrogen-bond donors (Lipinski definition) is 2. The Bertz CT molecular complexity index is 1190. The van der Waals surface area contributed by atoms with Gasteiger partial charge in [0.1, 0.15) is 10.6 Å². The van der Waals surface area contributed by atoms with Gasteiger partial charge in [-0.05, 0) is 77.0 Å². The van der Waals surface area contributed by atoms with Crippen LogP contribution in [0.25, 0.3) is 10.6 Å². The number of rotatable bonds is 9. The molecule has 4 rings (SSSR count). The maximum atomic E-state index is 12.3. The first-order valence-electron chi connectivity index (χ1n) is 12.7. The molecule has 0 radical (unpaired) electrons. The highest BCUT2D eigenvalue weighted by atomic mass is 32.1. The number of thiazole rings is 1. The van der Waals surface area contributed by atoms with Gasteiger partial charge in [-0.3, -0.25) is 9.78 Å². The minimum absolute atomic E-state index is 0.0392. The number of aliphatic hydroxyl groups is 1. The van der Waals surface area contributed by atoms with Crippen LogP contribution in [-0.2, 0) is 15.1 Å². The maximum Gasteiger partial charge on any atom is 0.308 e. The second-order valence-corrected chi connectivity index (χ2v) is 10.8. The summed E-state index contributed by atoms with van der Waals surface area (Å²) < 4.78 is 5.41. The number of aryl methyl sites for hydroxylation is 2. The number of nitrogens with one attached hydrogen (secondary N) is 1. The fourth-order valence-corrected chi connectivity index (χ4v) is 5.63. The van der Waals surface area contributed by atoms with Crippen LogP contribution >= 0.6 is 11.3 Å². The lowest BCUT2D eigenvalue weighted by Gasteiger charge is -2.36. The molecule has 36 heavy (non-hydrogen) atoms. The van der Waals surface area contributed by atoms with Crippen LogP contribution in [0, 0.1) is 25.7 Å². The molecule has 3 aromatic heterocycles. The van der Waals surface area contributed by atoms with Gasteiger partial charge in [0.15, 0.2) is 0 Å². The molecule has 1 aliphatic carbocycles. The van der Waals surface area contributed by atoms with Crippen LogP contribution in [0.4, 0.5) is 11.6 Å². The summed E-state index contributed by atoms with van der Waals surface area (Å²) in [5, 5.41) is 15.4. The summed E-state index contributed by atoms with van der Waals surface area (Å²) in [4.78, 5) is 31.2. The Balaban J connectivity index is 1.44. The highest BCUT2D eigenvalue weighted by Gasteiger charge is 2.40.